The number of hydrogen-bond acceptors (Lipinski definition) is 3. The van der Waals surface area contributed by atoms with Crippen LogP contribution in [0.5, 0.6) is 5.75 Å². The molecule has 0 spiro atoms. The second kappa shape index (κ2) is 3.97. The molecule has 0 aromatic heterocycles. The van der Waals surface area contributed by atoms with E-state index in [-0.39, 0.29) is 5.75 Å². The first-order valence-electron chi connectivity index (χ1n) is 4.22. The van der Waals surface area contributed by atoms with Gasteiger partial charge in [-0.05, 0) is 31.0 Å². The molecule has 0 fully saturated rings. The van der Waals surface area contributed by atoms with Crippen LogP contribution >= 0.6 is 0 Å². The number of aryl methyl sites for hydroxylation is 1. The van der Waals surface area contributed by atoms with Crippen molar-refractivity contribution >= 4 is 10.1 Å². The molecule has 0 aliphatic heterocycles. The van der Waals surface area contributed by atoms with E-state index in [4.69, 9.17) is 0 Å². The van der Waals surface area contributed by atoms with Gasteiger partial charge in [-0.3, -0.25) is 0 Å². The van der Waals surface area contributed by atoms with Gasteiger partial charge in [-0.25, -0.2) is 0 Å². The largest absolute Gasteiger partial charge is 0.534 e. The zero-order chi connectivity index (χ0) is 12.6. The summed E-state index contributed by atoms with van der Waals surface area (Å²) in [5, 5.41) is 0. The Kier molecular flexibility index (Phi) is 3.18. The molecule has 0 N–H and O–H groups in total. The average molecular weight is 254 g/mol. The van der Waals surface area contributed by atoms with Crippen molar-refractivity contribution in [3.63, 3.8) is 0 Å². The van der Waals surface area contributed by atoms with Gasteiger partial charge in [0.25, 0.3) is 0 Å². The smallest absolute Gasteiger partial charge is 0.376 e. The van der Waals surface area contributed by atoms with Gasteiger partial charge in [0.1, 0.15) is 5.75 Å². The minimum absolute atomic E-state index is 0.308. The lowest BCUT2D eigenvalue weighted by Crippen LogP contribution is -2.28. The first-order chi connectivity index (χ1) is 7.15. The van der Waals surface area contributed by atoms with Crippen LogP contribution in [0, 0.1) is 13.8 Å². The van der Waals surface area contributed by atoms with Crippen LogP contribution < -0.4 is 4.18 Å². The van der Waals surface area contributed by atoms with Crippen molar-refractivity contribution in [2.75, 3.05) is 0 Å². The summed E-state index contributed by atoms with van der Waals surface area (Å²) in [4.78, 5) is 0. The minimum atomic E-state index is -5.59. The molecule has 0 amide bonds. The number of halogens is 3. The fraction of sp³-hybridized carbons (Fsp3) is 0.333. The van der Waals surface area contributed by atoms with Crippen molar-refractivity contribution in [2.24, 2.45) is 0 Å². The van der Waals surface area contributed by atoms with E-state index in [9.17, 15) is 21.6 Å². The highest BCUT2D eigenvalue weighted by molar-refractivity contribution is 7.88. The molecule has 90 valence electrons. The minimum Gasteiger partial charge on any atom is -0.376 e. The number of alkyl halides is 3. The summed E-state index contributed by atoms with van der Waals surface area (Å²) in [6, 6.07) is 4.23. The van der Waals surface area contributed by atoms with Crippen LogP contribution in [0.25, 0.3) is 0 Å². The Labute approximate surface area is 91.0 Å². The number of benzene rings is 1. The topological polar surface area (TPSA) is 43.4 Å². The molecule has 3 nitrogen and oxygen atoms in total. The Balaban J connectivity index is 3.12. The summed E-state index contributed by atoms with van der Waals surface area (Å²) in [6.45, 7) is 3.12. The fourth-order valence-corrected chi connectivity index (χ4v) is 1.49. The van der Waals surface area contributed by atoms with Crippen LogP contribution in [0.2, 0.25) is 0 Å². The summed E-state index contributed by atoms with van der Waals surface area (Å²) < 4.78 is 61.6. The lowest BCUT2D eigenvalue weighted by Gasteiger charge is -2.12. The Morgan fingerprint density at radius 1 is 1.19 bits per heavy atom. The highest BCUT2D eigenvalue weighted by atomic mass is 32.2. The summed E-state index contributed by atoms with van der Waals surface area (Å²) in [6.07, 6.45) is 0. The molecule has 0 unspecified atom stereocenters. The van der Waals surface area contributed by atoms with Gasteiger partial charge in [0, 0.05) is 0 Å². The first kappa shape index (κ1) is 12.8. The van der Waals surface area contributed by atoms with Gasteiger partial charge >= 0.3 is 15.6 Å². The van der Waals surface area contributed by atoms with Crippen molar-refractivity contribution in [1.82, 2.24) is 0 Å². The lowest BCUT2D eigenvalue weighted by atomic mass is 10.1. The molecule has 1 aromatic rings. The van der Waals surface area contributed by atoms with Gasteiger partial charge in [-0.2, -0.15) is 21.6 Å². The van der Waals surface area contributed by atoms with E-state index in [0.29, 0.717) is 11.1 Å². The molecule has 0 aliphatic rings. The molecule has 0 radical (unpaired) electrons. The second-order valence-electron chi connectivity index (χ2n) is 3.18. The highest BCUT2D eigenvalue weighted by Crippen LogP contribution is 2.29. The standard InChI is InChI=1S/C9H9F3O3S/c1-6-4-3-5-8(7(6)2)15-16(13,14)9(10,11)12/h3-5H,1-2H3. The van der Waals surface area contributed by atoms with Crippen molar-refractivity contribution in [2.45, 2.75) is 19.4 Å². The van der Waals surface area contributed by atoms with Gasteiger partial charge < -0.3 is 4.18 Å². The maximum Gasteiger partial charge on any atom is 0.534 e. The van der Waals surface area contributed by atoms with Gasteiger partial charge in [0.05, 0.1) is 0 Å². The molecular weight excluding hydrogens is 245 g/mol. The SMILES string of the molecule is Cc1cccc(OS(=O)(=O)C(F)(F)F)c1C. The summed E-state index contributed by atoms with van der Waals surface area (Å²) in [7, 11) is -5.59. The van der Waals surface area contributed by atoms with Crippen LogP contribution in [0.4, 0.5) is 13.2 Å². The van der Waals surface area contributed by atoms with Gasteiger partial charge in [0.15, 0.2) is 0 Å². The number of hydrogen-bond donors (Lipinski definition) is 0. The summed E-state index contributed by atoms with van der Waals surface area (Å²) in [5.74, 6) is -0.308. The maximum absolute atomic E-state index is 12.0. The van der Waals surface area contributed by atoms with Crippen LogP contribution in [-0.4, -0.2) is 13.9 Å². The monoisotopic (exact) mass is 254 g/mol. The van der Waals surface area contributed by atoms with E-state index in [2.05, 4.69) is 4.18 Å². The maximum atomic E-state index is 12.0. The zero-order valence-corrected chi connectivity index (χ0v) is 9.32. The van der Waals surface area contributed by atoms with Gasteiger partial charge in [0.2, 0.25) is 0 Å². The zero-order valence-electron chi connectivity index (χ0n) is 8.50. The number of rotatable bonds is 2. The van der Waals surface area contributed by atoms with Crippen molar-refractivity contribution in [3.8, 4) is 5.75 Å². The van der Waals surface area contributed by atoms with Crippen LogP contribution in [0.1, 0.15) is 11.1 Å². The van der Waals surface area contributed by atoms with Crippen molar-refractivity contribution in [1.29, 1.82) is 0 Å². The van der Waals surface area contributed by atoms with Gasteiger partial charge in [-0.15, -0.1) is 0 Å². The Morgan fingerprint density at radius 3 is 2.25 bits per heavy atom. The van der Waals surface area contributed by atoms with E-state index in [1.165, 1.54) is 19.1 Å². The molecule has 0 atom stereocenters. The van der Waals surface area contributed by atoms with E-state index in [1.807, 2.05) is 0 Å². The van der Waals surface area contributed by atoms with E-state index < -0.39 is 15.6 Å². The molecule has 0 heterocycles. The van der Waals surface area contributed by atoms with Crippen LogP contribution in [0.15, 0.2) is 18.2 Å². The lowest BCUT2D eigenvalue weighted by molar-refractivity contribution is -0.0500. The van der Waals surface area contributed by atoms with Crippen LogP contribution in [0.3, 0.4) is 0 Å². The molecule has 1 rings (SSSR count). The summed E-state index contributed by atoms with van der Waals surface area (Å²) >= 11 is 0. The Morgan fingerprint density at radius 2 is 1.75 bits per heavy atom. The van der Waals surface area contributed by atoms with Crippen molar-refractivity contribution in [3.05, 3.63) is 29.3 Å². The van der Waals surface area contributed by atoms with E-state index >= 15 is 0 Å². The third-order valence-corrected chi connectivity index (χ3v) is 3.00. The fourth-order valence-electron chi connectivity index (χ4n) is 0.980. The quantitative estimate of drug-likeness (QED) is 0.601. The highest BCUT2D eigenvalue weighted by Gasteiger charge is 2.48. The summed E-state index contributed by atoms with van der Waals surface area (Å²) in [5.41, 5.74) is -4.41. The normalized spacial score (nSPS) is 12.6. The van der Waals surface area contributed by atoms with E-state index in [0.717, 1.165) is 0 Å². The second-order valence-corrected chi connectivity index (χ2v) is 4.72. The Hall–Kier alpha value is -1.24. The molecule has 0 saturated heterocycles. The third-order valence-electron chi connectivity index (χ3n) is 2.04. The first-order valence-corrected chi connectivity index (χ1v) is 5.63. The van der Waals surface area contributed by atoms with Crippen LogP contribution in [-0.2, 0) is 10.1 Å². The molecular formula is C9H9F3O3S. The molecule has 0 saturated carbocycles. The Bertz CT molecular complexity index is 491. The molecule has 0 aliphatic carbocycles. The predicted octanol–water partition coefficient (Wildman–Crippen LogP) is 2.53. The molecule has 7 heteroatoms. The molecule has 16 heavy (non-hydrogen) atoms. The predicted molar refractivity (Wildman–Crippen MR) is 51.5 cm³/mol. The van der Waals surface area contributed by atoms with Crippen molar-refractivity contribution < 1.29 is 25.8 Å². The molecule has 0 bridgehead atoms. The average Bonchev–Trinajstić information content (AvgIpc) is 2.11. The molecule has 1 aromatic carbocycles. The van der Waals surface area contributed by atoms with E-state index in [1.54, 1.807) is 13.0 Å². The third kappa shape index (κ3) is 2.46. The van der Waals surface area contributed by atoms with Gasteiger partial charge in [-0.1, -0.05) is 12.1 Å².